The van der Waals surface area contributed by atoms with Crippen molar-refractivity contribution in [2.45, 2.75) is 6.42 Å². The summed E-state index contributed by atoms with van der Waals surface area (Å²) in [6, 6.07) is 13.2. The van der Waals surface area contributed by atoms with Gasteiger partial charge in [0.25, 0.3) is 0 Å². The largest absolute Gasteiger partial charge is 0.497 e. The van der Waals surface area contributed by atoms with Gasteiger partial charge in [0.05, 0.1) is 23.4 Å². The molecule has 0 bridgehead atoms. The monoisotopic (exact) mass is 389 g/mol. The predicted molar refractivity (Wildman–Crippen MR) is 105 cm³/mol. The van der Waals surface area contributed by atoms with Crippen molar-refractivity contribution in [2.24, 2.45) is 0 Å². The lowest BCUT2D eigenvalue weighted by molar-refractivity contribution is 0.414. The Morgan fingerprint density at radius 3 is 2.58 bits per heavy atom. The number of nitrogens with zero attached hydrogens (tertiary/aromatic N) is 3. The highest BCUT2D eigenvalue weighted by Gasteiger charge is 2.04. The van der Waals surface area contributed by atoms with E-state index in [1.54, 1.807) is 19.2 Å². The Labute approximate surface area is 161 Å². The van der Waals surface area contributed by atoms with Crippen molar-refractivity contribution >= 4 is 40.7 Å². The lowest BCUT2D eigenvalue weighted by atomic mass is 10.1. The summed E-state index contributed by atoms with van der Waals surface area (Å²) in [6.45, 7) is 0.685. The lowest BCUT2D eigenvalue weighted by Gasteiger charge is -2.08. The molecule has 0 radical (unpaired) electrons. The van der Waals surface area contributed by atoms with Gasteiger partial charge in [0.2, 0.25) is 5.95 Å². The number of hydrogen-bond donors (Lipinski definition) is 2. The average molecular weight is 390 g/mol. The lowest BCUT2D eigenvalue weighted by Crippen LogP contribution is -2.09. The van der Waals surface area contributed by atoms with E-state index in [0.29, 0.717) is 28.4 Å². The quantitative estimate of drug-likeness (QED) is 0.615. The summed E-state index contributed by atoms with van der Waals surface area (Å²) in [5.74, 6) is 1.85. The Morgan fingerprint density at radius 2 is 1.85 bits per heavy atom. The predicted octanol–water partition coefficient (Wildman–Crippen LogP) is 4.59. The van der Waals surface area contributed by atoms with E-state index in [1.165, 1.54) is 11.8 Å². The number of benzene rings is 2. The Bertz CT molecular complexity index is 874. The summed E-state index contributed by atoms with van der Waals surface area (Å²) in [4.78, 5) is 4.39. The highest BCUT2D eigenvalue weighted by Crippen LogP contribution is 2.26. The van der Waals surface area contributed by atoms with Gasteiger partial charge in [0.1, 0.15) is 5.75 Å². The average Bonchev–Trinajstić information content (AvgIpc) is 2.66. The second kappa shape index (κ2) is 8.69. The molecule has 0 fully saturated rings. The number of nitrogens with one attached hydrogen (secondary N) is 2. The van der Waals surface area contributed by atoms with Crippen LogP contribution in [0, 0.1) is 0 Å². The number of anilines is 3. The number of hydrogen-bond acceptors (Lipinski definition) is 6. The zero-order chi connectivity index (χ0) is 18.4. The van der Waals surface area contributed by atoms with E-state index in [4.69, 9.17) is 27.9 Å². The Kier molecular flexibility index (Phi) is 6.09. The molecule has 0 aliphatic carbocycles. The molecule has 3 rings (SSSR count). The number of methoxy groups -OCH3 is 1. The van der Waals surface area contributed by atoms with Crippen LogP contribution in [0.5, 0.6) is 5.75 Å². The van der Waals surface area contributed by atoms with E-state index in [0.717, 1.165) is 17.9 Å². The van der Waals surface area contributed by atoms with Crippen LogP contribution in [0.15, 0.2) is 48.7 Å². The maximum absolute atomic E-state index is 6.02. The molecule has 3 aromatic rings. The second-order valence-corrected chi connectivity index (χ2v) is 6.26. The third kappa shape index (κ3) is 4.97. The van der Waals surface area contributed by atoms with Crippen molar-refractivity contribution in [1.29, 1.82) is 0 Å². The number of aromatic nitrogens is 3. The topological polar surface area (TPSA) is 72.0 Å². The van der Waals surface area contributed by atoms with Crippen LogP contribution in [-0.4, -0.2) is 28.8 Å². The van der Waals surface area contributed by atoms with Crippen LogP contribution in [0.25, 0.3) is 0 Å². The third-order valence-corrected chi connectivity index (χ3v) is 4.35. The molecule has 2 N–H and O–H groups in total. The van der Waals surface area contributed by atoms with Gasteiger partial charge in [-0.15, -0.1) is 5.10 Å². The molecule has 6 nitrogen and oxygen atoms in total. The van der Waals surface area contributed by atoms with Crippen LogP contribution in [-0.2, 0) is 6.42 Å². The van der Waals surface area contributed by atoms with E-state index >= 15 is 0 Å². The van der Waals surface area contributed by atoms with Gasteiger partial charge in [-0.1, -0.05) is 35.3 Å². The number of halogens is 2. The van der Waals surface area contributed by atoms with Gasteiger partial charge in [-0.2, -0.15) is 10.1 Å². The zero-order valence-corrected chi connectivity index (χ0v) is 15.6. The van der Waals surface area contributed by atoms with Gasteiger partial charge in [0.15, 0.2) is 5.82 Å². The molecule has 1 heterocycles. The molecule has 8 heteroatoms. The summed E-state index contributed by atoms with van der Waals surface area (Å²) in [7, 11) is 1.65. The third-order valence-electron chi connectivity index (χ3n) is 3.61. The molecular formula is C18H17Cl2N5O. The molecule has 0 aliphatic rings. The van der Waals surface area contributed by atoms with Crippen LogP contribution in [0.4, 0.5) is 17.5 Å². The Hall–Kier alpha value is -2.57. The molecule has 0 saturated carbocycles. The SMILES string of the molecule is COc1ccc(CCNc2nncc(Nc3ccc(Cl)c(Cl)c3)n2)cc1. The first-order valence-corrected chi connectivity index (χ1v) is 8.68. The van der Waals surface area contributed by atoms with Gasteiger partial charge in [-0.05, 0) is 42.3 Å². The highest BCUT2D eigenvalue weighted by atomic mass is 35.5. The van der Waals surface area contributed by atoms with E-state index in [1.807, 2.05) is 30.3 Å². The standard InChI is InChI=1S/C18H17Cl2N5O/c1-26-14-5-2-12(3-6-14)8-9-21-18-24-17(11-22-25-18)23-13-4-7-15(19)16(20)10-13/h2-7,10-11H,8-9H2,1H3,(H2,21,23,24,25). The van der Waals surface area contributed by atoms with Gasteiger partial charge in [-0.25, -0.2) is 0 Å². The second-order valence-electron chi connectivity index (χ2n) is 5.44. The summed E-state index contributed by atoms with van der Waals surface area (Å²) < 4.78 is 5.15. The van der Waals surface area contributed by atoms with E-state index < -0.39 is 0 Å². The molecule has 134 valence electrons. The van der Waals surface area contributed by atoms with E-state index in [-0.39, 0.29) is 0 Å². The maximum Gasteiger partial charge on any atom is 0.244 e. The molecule has 0 unspecified atom stereocenters. The van der Waals surface area contributed by atoms with Gasteiger partial charge in [-0.3, -0.25) is 0 Å². The normalized spacial score (nSPS) is 10.4. The van der Waals surface area contributed by atoms with E-state index in [9.17, 15) is 0 Å². The summed E-state index contributed by atoms with van der Waals surface area (Å²) in [5.41, 5.74) is 1.96. The minimum Gasteiger partial charge on any atom is -0.497 e. The highest BCUT2D eigenvalue weighted by molar-refractivity contribution is 6.42. The fourth-order valence-electron chi connectivity index (χ4n) is 2.27. The Morgan fingerprint density at radius 1 is 1.04 bits per heavy atom. The Balaban J connectivity index is 1.57. The first-order valence-electron chi connectivity index (χ1n) is 7.92. The molecular weight excluding hydrogens is 373 g/mol. The number of ether oxygens (including phenoxy) is 1. The summed E-state index contributed by atoms with van der Waals surface area (Å²) in [5, 5.41) is 15.2. The van der Waals surface area contributed by atoms with Crippen molar-refractivity contribution in [3.63, 3.8) is 0 Å². The number of rotatable bonds is 7. The zero-order valence-electron chi connectivity index (χ0n) is 14.0. The minimum absolute atomic E-state index is 0.448. The van der Waals surface area contributed by atoms with Gasteiger partial charge >= 0.3 is 0 Å². The van der Waals surface area contributed by atoms with Gasteiger partial charge < -0.3 is 15.4 Å². The molecule has 26 heavy (non-hydrogen) atoms. The van der Waals surface area contributed by atoms with Crippen LogP contribution in [0.3, 0.4) is 0 Å². The van der Waals surface area contributed by atoms with Crippen LogP contribution < -0.4 is 15.4 Å². The smallest absolute Gasteiger partial charge is 0.244 e. The summed E-state index contributed by atoms with van der Waals surface area (Å²) >= 11 is 11.9. The molecule has 0 spiro atoms. The van der Waals surface area contributed by atoms with Crippen LogP contribution >= 0.6 is 23.2 Å². The van der Waals surface area contributed by atoms with Gasteiger partial charge in [0, 0.05) is 12.2 Å². The van der Waals surface area contributed by atoms with E-state index in [2.05, 4.69) is 25.8 Å². The molecule has 0 aliphatic heterocycles. The molecule has 0 amide bonds. The first kappa shape index (κ1) is 18.2. The molecule has 0 saturated heterocycles. The van der Waals surface area contributed by atoms with Crippen molar-refractivity contribution < 1.29 is 4.74 Å². The fourth-order valence-corrected chi connectivity index (χ4v) is 2.57. The summed E-state index contributed by atoms with van der Waals surface area (Å²) in [6.07, 6.45) is 2.37. The fraction of sp³-hybridized carbons (Fsp3) is 0.167. The van der Waals surface area contributed by atoms with Crippen LogP contribution in [0.2, 0.25) is 10.0 Å². The molecule has 0 atom stereocenters. The van der Waals surface area contributed by atoms with Crippen molar-refractivity contribution in [2.75, 3.05) is 24.3 Å². The van der Waals surface area contributed by atoms with Crippen molar-refractivity contribution in [3.05, 3.63) is 64.3 Å². The molecule has 1 aromatic heterocycles. The first-order chi connectivity index (χ1) is 12.6. The minimum atomic E-state index is 0.448. The van der Waals surface area contributed by atoms with Crippen molar-refractivity contribution in [1.82, 2.24) is 15.2 Å². The van der Waals surface area contributed by atoms with Crippen molar-refractivity contribution in [3.8, 4) is 5.75 Å². The maximum atomic E-state index is 6.02. The van der Waals surface area contributed by atoms with Crippen LogP contribution in [0.1, 0.15) is 5.56 Å². The molecule has 2 aromatic carbocycles.